The average Bonchev–Trinajstić information content (AvgIpc) is 3.12. The van der Waals surface area contributed by atoms with Crippen LogP contribution in [0.5, 0.6) is 0 Å². The Kier molecular flexibility index (Phi) is 3.35. The van der Waals surface area contributed by atoms with E-state index in [0.717, 1.165) is 36.2 Å². The van der Waals surface area contributed by atoms with E-state index < -0.39 is 0 Å². The topological polar surface area (TPSA) is 72.9 Å². The van der Waals surface area contributed by atoms with Crippen molar-refractivity contribution < 1.29 is 0 Å². The van der Waals surface area contributed by atoms with Gasteiger partial charge in [0.1, 0.15) is 18.3 Å². The molecular formula is C20H18N6. The molecule has 0 fully saturated rings. The standard InChI is InChI=1S/C20H18N6/c21-18-19(25-11-5-7-14-6-1-3-9-16(14)25)22-12-23-20(18)26-13-24-15-8-2-4-10-17(15)26/h1-4,6,8-10,12-13H,5,7,11,21H2. The van der Waals surface area contributed by atoms with E-state index in [4.69, 9.17) is 5.73 Å². The summed E-state index contributed by atoms with van der Waals surface area (Å²) in [6.45, 7) is 0.891. The molecule has 5 rings (SSSR count). The van der Waals surface area contributed by atoms with Crippen LogP contribution in [0.4, 0.5) is 17.2 Å². The molecule has 0 saturated carbocycles. The first-order valence-corrected chi connectivity index (χ1v) is 8.71. The Morgan fingerprint density at radius 2 is 1.69 bits per heavy atom. The number of para-hydroxylation sites is 3. The van der Waals surface area contributed by atoms with Gasteiger partial charge in [-0.2, -0.15) is 0 Å². The molecule has 0 aliphatic carbocycles. The smallest absolute Gasteiger partial charge is 0.167 e. The van der Waals surface area contributed by atoms with Crippen LogP contribution in [0.1, 0.15) is 12.0 Å². The molecule has 2 N–H and O–H groups in total. The molecule has 2 aromatic heterocycles. The van der Waals surface area contributed by atoms with Crippen LogP contribution in [-0.2, 0) is 6.42 Å². The maximum Gasteiger partial charge on any atom is 0.167 e. The third-order valence-electron chi connectivity index (χ3n) is 4.89. The highest BCUT2D eigenvalue weighted by atomic mass is 15.2. The minimum Gasteiger partial charge on any atom is -0.393 e. The third-order valence-corrected chi connectivity index (χ3v) is 4.89. The van der Waals surface area contributed by atoms with E-state index in [1.807, 2.05) is 28.8 Å². The lowest BCUT2D eigenvalue weighted by atomic mass is 10.0. The molecule has 1 aliphatic rings. The molecule has 26 heavy (non-hydrogen) atoms. The molecule has 0 spiro atoms. The second-order valence-corrected chi connectivity index (χ2v) is 6.42. The van der Waals surface area contributed by atoms with Crippen LogP contribution in [0.2, 0.25) is 0 Å². The zero-order valence-electron chi connectivity index (χ0n) is 14.2. The summed E-state index contributed by atoms with van der Waals surface area (Å²) in [5.74, 6) is 1.41. The molecule has 6 nitrogen and oxygen atoms in total. The van der Waals surface area contributed by atoms with Crippen molar-refractivity contribution in [3.63, 3.8) is 0 Å². The number of nitrogen functional groups attached to an aromatic ring is 1. The van der Waals surface area contributed by atoms with Crippen molar-refractivity contribution in [2.45, 2.75) is 12.8 Å². The van der Waals surface area contributed by atoms with Crippen molar-refractivity contribution in [2.24, 2.45) is 0 Å². The minimum absolute atomic E-state index is 0.562. The highest BCUT2D eigenvalue weighted by Crippen LogP contribution is 2.36. The van der Waals surface area contributed by atoms with Gasteiger partial charge < -0.3 is 10.6 Å². The van der Waals surface area contributed by atoms with E-state index >= 15 is 0 Å². The van der Waals surface area contributed by atoms with E-state index in [1.54, 1.807) is 12.7 Å². The van der Waals surface area contributed by atoms with Gasteiger partial charge in [-0.3, -0.25) is 4.57 Å². The van der Waals surface area contributed by atoms with Crippen molar-refractivity contribution in [3.05, 3.63) is 66.7 Å². The molecule has 128 valence electrons. The maximum absolute atomic E-state index is 6.54. The van der Waals surface area contributed by atoms with Crippen LogP contribution in [0.15, 0.2) is 61.2 Å². The number of nitrogens with two attached hydrogens (primary N) is 1. The van der Waals surface area contributed by atoms with Gasteiger partial charge in [-0.15, -0.1) is 0 Å². The first kappa shape index (κ1) is 14.9. The SMILES string of the molecule is Nc1c(N2CCCc3ccccc32)ncnc1-n1cnc2ccccc21. The lowest BCUT2D eigenvalue weighted by Crippen LogP contribution is -2.26. The molecule has 0 bridgehead atoms. The number of fused-ring (bicyclic) bond motifs is 2. The first-order valence-electron chi connectivity index (χ1n) is 8.71. The average molecular weight is 342 g/mol. The van der Waals surface area contributed by atoms with Gasteiger partial charge in [-0.1, -0.05) is 30.3 Å². The number of hydrogen-bond acceptors (Lipinski definition) is 5. The molecule has 0 radical (unpaired) electrons. The minimum atomic E-state index is 0.562. The largest absolute Gasteiger partial charge is 0.393 e. The molecule has 6 heteroatoms. The number of nitrogens with zero attached hydrogens (tertiary/aromatic N) is 5. The van der Waals surface area contributed by atoms with E-state index in [1.165, 1.54) is 11.3 Å². The fourth-order valence-corrected chi connectivity index (χ4v) is 3.67. The molecule has 1 aliphatic heterocycles. The summed E-state index contributed by atoms with van der Waals surface area (Å²) in [5, 5.41) is 0. The van der Waals surface area contributed by atoms with Crippen LogP contribution in [0.3, 0.4) is 0 Å². The van der Waals surface area contributed by atoms with Crippen molar-refractivity contribution in [3.8, 4) is 5.82 Å². The second kappa shape index (κ2) is 5.84. The van der Waals surface area contributed by atoms with E-state index in [2.05, 4.69) is 44.1 Å². The quantitative estimate of drug-likeness (QED) is 0.604. The Balaban J connectivity index is 1.66. The van der Waals surface area contributed by atoms with E-state index in [0.29, 0.717) is 11.5 Å². The number of aryl methyl sites for hydroxylation is 1. The fourth-order valence-electron chi connectivity index (χ4n) is 3.67. The van der Waals surface area contributed by atoms with Gasteiger partial charge in [-0.05, 0) is 36.6 Å². The Hall–Kier alpha value is -3.41. The molecule has 2 aromatic carbocycles. The molecular weight excluding hydrogens is 324 g/mol. The normalized spacial score (nSPS) is 13.8. The molecule has 0 atom stereocenters. The predicted molar refractivity (Wildman–Crippen MR) is 103 cm³/mol. The fraction of sp³-hybridized carbons (Fsp3) is 0.150. The van der Waals surface area contributed by atoms with Gasteiger partial charge in [0.05, 0.1) is 11.0 Å². The number of rotatable bonds is 2. The van der Waals surface area contributed by atoms with Gasteiger partial charge in [0.25, 0.3) is 0 Å². The van der Waals surface area contributed by atoms with Gasteiger partial charge in [0.15, 0.2) is 11.6 Å². The summed E-state index contributed by atoms with van der Waals surface area (Å²) in [6, 6.07) is 16.4. The molecule has 0 saturated heterocycles. The maximum atomic E-state index is 6.54. The summed E-state index contributed by atoms with van der Waals surface area (Å²) < 4.78 is 1.92. The van der Waals surface area contributed by atoms with Gasteiger partial charge in [-0.25, -0.2) is 15.0 Å². The Morgan fingerprint density at radius 3 is 2.65 bits per heavy atom. The molecule has 4 aromatic rings. The van der Waals surface area contributed by atoms with E-state index in [-0.39, 0.29) is 0 Å². The number of hydrogen-bond donors (Lipinski definition) is 1. The Morgan fingerprint density at radius 1 is 0.885 bits per heavy atom. The van der Waals surface area contributed by atoms with Gasteiger partial charge in [0.2, 0.25) is 0 Å². The third kappa shape index (κ3) is 2.23. The van der Waals surface area contributed by atoms with Crippen molar-refractivity contribution >= 4 is 28.2 Å². The van der Waals surface area contributed by atoms with Crippen LogP contribution < -0.4 is 10.6 Å². The highest BCUT2D eigenvalue weighted by Gasteiger charge is 2.23. The molecule has 0 amide bonds. The summed E-state index contributed by atoms with van der Waals surface area (Å²) in [7, 11) is 0. The molecule has 3 heterocycles. The van der Waals surface area contributed by atoms with Crippen molar-refractivity contribution in [1.29, 1.82) is 0 Å². The summed E-state index contributed by atoms with van der Waals surface area (Å²) in [6.07, 6.45) is 5.49. The first-order chi connectivity index (χ1) is 12.8. The van der Waals surface area contributed by atoms with E-state index in [9.17, 15) is 0 Å². The zero-order valence-corrected chi connectivity index (χ0v) is 14.2. The lowest BCUT2D eigenvalue weighted by molar-refractivity contribution is 0.758. The van der Waals surface area contributed by atoms with Crippen LogP contribution >= 0.6 is 0 Å². The van der Waals surface area contributed by atoms with Crippen molar-refractivity contribution in [2.75, 3.05) is 17.2 Å². The lowest BCUT2D eigenvalue weighted by Gasteiger charge is -2.31. The second-order valence-electron chi connectivity index (χ2n) is 6.42. The zero-order chi connectivity index (χ0) is 17.5. The number of anilines is 3. The Bertz CT molecular complexity index is 1100. The van der Waals surface area contributed by atoms with Crippen molar-refractivity contribution in [1.82, 2.24) is 19.5 Å². The Labute approximate surface area is 150 Å². The summed E-state index contributed by atoms with van der Waals surface area (Å²) in [5.41, 5.74) is 11.5. The number of aromatic nitrogens is 4. The number of benzene rings is 2. The van der Waals surface area contributed by atoms with Crippen LogP contribution in [0, 0.1) is 0 Å². The monoisotopic (exact) mass is 342 g/mol. The molecule has 0 unspecified atom stereocenters. The van der Waals surface area contributed by atoms with Crippen LogP contribution in [-0.4, -0.2) is 26.1 Å². The van der Waals surface area contributed by atoms with Crippen LogP contribution in [0.25, 0.3) is 16.9 Å². The highest BCUT2D eigenvalue weighted by molar-refractivity contribution is 5.82. The summed E-state index contributed by atoms with van der Waals surface area (Å²) in [4.78, 5) is 15.6. The summed E-state index contributed by atoms with van der Waals surface area (Å²) >= 11 is 0. The number of imidazole rings is 1. The predicted octanol–water partition coefficient (Wildman–Crippen LogP) is 3.48. The van der Waals surface area contributed by atoms with Gasteiger partial charge in [0, 0.05) is 12.2 Å². The van der Waals surface area contributed by atoms with Gasteiger partial charge >= 0.3 is 0 Å².